The van der Waals surface area contributed by atoms with Gasteiger partial charge in [-0.25, -0.2) is 0 Å². The zero-order chi connectivity index (χ0) is 9.07. The lowest BCUT2D eigenvalue weighted by Gasteiger charge is -2.23. The standard InChI is InChI=1S/C9H18O2/c1-5-7(2)8(11)9(3,4)6-10/h7,10H,5-6H2,1-4H3. The number of ketones is 1. The van der Waals surface area contributed by atoms with E-state index in [0.717, 1.165) is 6.42 Å². The molecule has 0 amide bonds. The van der Waals surface area contributed by atoms with Crippen molar-refractivity contribution in [1.82, 2.24) is 0 Å². The maximum atomic E-state index is 11.5. The summed E-state index contributed by atoms with van der Waals surface area (Å²) in [4.78, 5) is 11.5. The minimum atomic E-state index is -0.560. The van der Waals surface area contributed by atoms with E-state index in [2.05, 4.69) is 0 Å². The summed E-state index contributed by atoms with van der Waals surface area (Å²) in [6.45, 7) is 7.38. The van der Waals surface area contributed by atoms with Crippen LogP contribution in [0.4, 0.5) is 0 Å². The van der Waals surface area contributed by atoms with Crippen molar-refractivity contribution in [1.29, 1.82) is 0 Å². The molecule has 1 N–H and O–H groups in total. The molecule has 2 nitrogen and oxygen atoms in total. The van der Waals surface area contributed by atoms with Gasteiger partial charge in [-0.15, -0.1) is 0 Å². The molecule has 0 bridgehead atoms. The van der Waals surface area contributed by atoms with Crippen molar-refractivity contribution in [2.45, 2.75) is 34.1 Å². The average Bonchev–Trinajstić information content (AvgIpc) is 2.01. The molecule has 0 saturated heterocycles. The highest BCUT2D eigenvalue weighted by Crippen LogP contribution is 2.21. The molecule has 0 rings (SSSR count). The third kappa shape index (κ3) is 2.62. The first-order valence-electron chi connectivity index (χ1n) is 4.11. The number of carbonyl (C=O) groups is 1. The SMILES string of the molecule is CCC(C)C(=O)C(C)(C)CO. The number of carbonyl (C=O) groups excluding carboxylic acids is 1. The van der Waals surface area contributed by atoms with E-state index < -0.39 is 5.41 Å². The van der Waals surface area contributed by atoms with Crippen LogP contribution < -0.4 is 0 Å². The highest BCUT2D eigenvalue weighted by atomic mass is 16.3. The molecular formula is C9H18O2. The van der Waals surface area contributed by atoms with Gasteiger partial charge in [-0.3, -0.25) is 4.79 Å². The van der Waals surface area contributed by atoms with E-state index >= 15 is 0 Å². The van der Waals surface area contributed by atoms with E-state index in [1.165, 1.54) is 0 Å². The number of aliphatic hydroxyl groups excluding tert-OH is 1. The van der Waals surface area contributed by atoms with Crippen molar-refractivity contribution < 1.29 is 9.90 Å². The molecule has 11 heavy (non-hydrogen) atoms. The fraction of sp³-hybridized carbons (Fsp3) is 0.889. The van der Waals surface area contributed by atoms with Crippen molar-refractivity contribution in [2.75, 3.05) is 6.61 Å². The summed E-state index contributed by atoms with van der Waals surface area (Å²) < 4.78 is 0. The van der Waals surface area contributed by atoms with Crippen molar-refractivity contribution in [2.24, 2.45) is 11.3 Å². The minimum absolute atomic E-state index is 0.0594. The van der Waals surface area contributed by atoms with Gasteiger partial charge < -0.3 is 5.11 Å². The number of rotatable bonds is 4. The molecular weight excluding hydrogens is 140 g/mol. The molecule has 0 fully saturated rings. The van der Waals surface area contributed by atoms with E-state index in [9.17, 15) is 4.79 Å². The number of Topliss-reactive ketones (excluding diaryl/α,β-unsaturated/α-hetero) is 1. The lowest BCUT2D eigenvalue weighted by molar-refractivity contribution is -0.132. The number of hydrogen-bond donors (Lipinski definition) is 1. The average molecular weight is 158 g/mol. The van der Waals surface area contributed by atoms with Crippen LogP contribution in [0.25, 0.3) is 0 Å². The largest absolute Gasteiger partial charge is 0.395 e. The summed E-state index contributed by atoms with van der Waals surface area (Å²) in [6, 6.07) is 0. The minimum Gasteiger partial charge on any atom is -0.395 e. The van der Waals surface area contributed by atoms with Crippen LogP contribution in [0.5, 0.6) is 0 Å². The van der Waals surface area contributed by atoms with Gasteiger partial charge in [-0.1, -0.05) is 27.7 Å². The van der Waals surface area contributed by atoms with E-state index in [0.29, 0.717) is 0 Å². The maximum absolute atomic E-state index is 11.5. The normalized spacial score (nSPS) is 14.6. The Morgan fingerprint density at radius 1 is 1.55 bits per heavy atom. The molecule has 0 aromatic carbocycles. The molecule has 0 aliphatic heterocycles. The predicted octanol–water partition coefficient (Wildman–Crippen LogP) is 1.62. The van der Waals surface area contributed by atoms with Crippen LogP contribution in [-0.2, 0) is 4.79 Å². The first-order valence-corrected chi connectivity index (χ1v) is 4.11. The van der Waals surface area contributed by atoms with Gasteiger partial charge in [0, 0.05) is 11.3 Å². The molecule has 2 heteroatoms. The first-order chi connectivity index (χ1) is 4.95. The molecule has 0 radical (unpaired) electrons. The fourth-order valence-corrected chi connectivity index (χ4v) is 0.930. The number of hydrogen-bond acceptors (Lipinski definition) is 2. The third-order valence-electron chi connectivity index (χ3n) is 2.12. The summed E-state index contributed by atoms with van der Waals surface area (Å²) in [6.07, 6.45) is 0.849. The van der Waals surface area contributed by atoms with Gasteiger partial charge in [0.15, 0.2) is 0 Å². The highest BCUT2D eigenvalue weighted by molar-refractivity contribution is 5.86. The molecule has 66 valence electrons. The Balaban J connectivity index is 4.23. The lowest BCUT2D eigenvalue weighted by Crippen LogP contribution is -2.32. The van der Waals surface area contributed by atoms with E-state index in [1.807, 2.05) is 13.8 Å². The van der Waals surface area contributed by atoms with Crippen LogP contribution in [0, 0.1) is 11.3 Å². The zero-order valence-electron chi connectivity index (χ0n) is 7.85. The van der Waals surface area contributed by atoms with Crippen LogP contribution >= 0.6 is 0 Å². The van der Waals surface area contributed by atoms with Crippen molar-refractivity contribution >= 4 is 5.78 Å². The molecule has 0 saturated carbocycles. The van der Waals surface area contributed by atoms with Crippen LogP contribution in [0.1, 0.15) is 34.1 Å². The van der Waals surface area contributed by atoms with Crippen LogP contribution in [0.3, 0.4) is 0 Å². The van der Waals surface area contributed by atoms with Gasteiger partial charge in [0.2, 0.25) is 0 Å². The second-order valence-electron chi connectivity index (χ2n) is 3.72. The Hall–Kier alpha value is -0.370. The van der Waals surface area contributed by atoms with Gasteiger partial charge in [-0.05, 0) is 6.42 Å². The Morgan fingerprint density at radius 3 is 2.27 bits per heavy atom. The van der Waals surface area contributed by atoms with Crippen LogP contribution in [-0.4, -0.2) is 17.5 Å². The van der Waals surface area contributed by atoms with E-state index in [1.54, 1.807) is 13.8 Å². The second-order valence-corrected chi connectivity index (χ2v) is 3.72. The zero-order valence-corrected chi connectivity index (χ0v) is 7.85. The monoisotopic (exact) mass is 158 g/mol. The lowest BCUT2D eigenvalue weighted by atomic mass is 9.82. The summed E-state index contributed by atoms with van der Waals surface area (Å²) in [5.74, 6) is 0.222. The predicted molar refractivity (Wildman–Crippen MR) is 45.3 cm³/mol. The van der Waals surface area contributed by atoms with E-state index in [4.69, 9.17) is 5.11 Å². The molecule has 0 aliphatic carbocycles. The first kappa shape index (κ1) is 10.6. The van der Waals surface area contributed by atoms with Crippen molar-refractivity contribution in [3.63, 3.8) is 0 Å². The van der Waals surface area contributed by atoms with Crippen LogP contribution in [0.15, 0.2) is 0 Å². The molecule has 0 aliphatic rings. The fourth-order valence-electron chi connectivity index (χ4n) is 0.930. The summed E-state index contributed by atoms with van der Waals surface area (Å²) >= 11 is 0. The Labute approximate surface area is 68.6 Å². The molecule has 1 atom stereocenters. The van der Waals surface area contributed by atoms with Gasteiger partial charge in [0.05, 0.1) is 6.61 Å². The van der Waals surface area contributed by atoms with Gasteiger partial charge in [0.1, 0.15) is 5.78 Å². The van der Waals surface area contributed by atoms with Crippen molar-refractivity contribution in [3.05, 3.63) is 0 Å². The maximum Gasteiger partial charge on any atom is 0.143 e. The van der Waals surface area contributed by atoms with Gasteiger partial charge >= 0.3 is 0 Å². The molecule has 0 aromatic rings. The highest BCUT2D eigenvalue weighted by Gasteiger charge is 2.29. The van der Waals surface area contributed by atoms with Gasteiger partial charge in [-0.2, -0.15) is 0 Å². The molecule has 0 heterocycles. The summed E-state index contributed by atoms with van der Waals surface area (Å²) in [5.41, 5.74) is -0.560. The molecule has 0 spiro atoms. The number of aliphatic hydroxyl groups is 1. The van der Waals surface area contributed by atoms with Crippen molar-refractivity contribution in [3.8, 4) is 0 Å². The second kappa shape index (κ2) is 3.86. The summed E-state index contributed by atoms with van der Waals surface area (Å²) in [5, 5.41) is 8.89. The van der Waals surface area contributed by atoms with Gasteiger partial charge in [0.25, 0.3) is 0 Å². The topological polar surface area (TPSA) is 37.3 Å². The Kier molecular flexibility index (Phi) is 3.73. The van der Waals surface area contributed by atoms with E-state index in [-0.39, 0.29) is 18.3 Å². The smallest absolute Gasteiger partial charge is 0.143 e. The molecule has 0 aromatic heterocycles. The third-order valence-corrected chi connectivity index (χ3v) is 2.12. The molecule has 1 unspecified atom stereocenters. The van der Waals surface area contributed by atoms with Crippen LogP contribution in [0.2, 0.25) is 0 Å². The Morgan fingerprint density at radius 2 is 2.00 bits per heavy atom. The quantitative estimate of drug-likeness (QED) is 0.675. The summed E-state index contributed by atoms with van der Waals surface area (Å²) in [7, 11) is 0. The Bertz CT molecular complexity index is 138.